The minimum Gasteiger partial charge on any atom is -0.496 e. The summed E-state index contributed by atoms with van der Waals surface area (Å²) in [5, 5.41) is 3.69. The molecule has 0 saturated heterocycles. The average Bonchev–Trinajstić information content (AvgIpc) is 3.11. The summed E-state index contributed by atoms with van der Waals surface area (Å²) in [6, 6.07) is 5.63. The predicted octanol–water partition coefficient (Wildman–Crippen LogP) is 3.56. The van der Waals surface area contributed by atoms with Crippen molar-refractivity contribution < 1.29 is 4.74 Å². The average molecular weight is 247 g/mol. The predicted molar refractivity (Wildman–Crippen MR) is 76.5 cm³/mol. The van der Waals surface area contributed by atoms with E-state index in [4.69, 9.17) is 4.74 Å². The van der Waals surface area contributed by atoms with Crippen molar-refractivity contribution in [2.75, 3.05) is 7.11 Å². The van der Waals surface area contributed by atoms with Gasteiger partial charge in [0.1, 0.15) is 5.75 Å². The van der Waals surface area contributed by atoms with E-state index in [1.165, 1.54) is 29.5 Å². The molecule has 0 heterocycles. The molecule has 0 aliphatic heterocycles. The van der Waals surface area contributed by atoms with E-state index in [9.17, 15) is 0 Å². The second kappa shape index (κ2) is 5.31. The summed E-state index contributed by atoms with van der Waals surface area (Å²) in [4.78, 5) is 0. The molecular formula is C16H25NO. The van der Waals surface area contributed by atoms with E-state index in [0.717, 1.165) is 11.8 Å². The standard InChI is InChI=1S/C16H25NO/c1-10-8-11(2)16(15(9-10)18-5)12(3)13(4)17-14-6-7-14/h8-9,12-14,17H,6-7H2,1-5H3. The molecule has 2 heteroatoms. The molecule has 1 saturated carbocycles. The maximum absolute atomic E-state index is 5.57. The maximum atomic E-state index is 5.57. The summed E-state index contributed by atoms with van der Waals surface area (Å²) < 4.78 is 5.57. The Hall–Kier alpha value is -1.02. The molecule has 0 bridgehead atoms. The molecule has 1 fully saturated rings. The fourth-order valence-electron chi connectivity index (χ4n) is 2.71. The molecule has 0 aromatic heterocycles. The van der Waals surface area contributed by atoms with Gasteiger partial charge in [0.05, 0.1) is 7.11 Å². The first-order valence-electron chi connectivity index (χ1n) is 6.94. The molecule has 1 aromatic rings. The van der Waals surface area contributed by atoms with Gasteiger partial charge in [-0.25, -0.2) is 0 Å². The van der Waals surface area contributed by atoms with Crippen molar-refractivity contribution in [1.82, 2.24) is 5.32 Å². The van der Waals surface area contributed by atoms with Crippen LogP contribution >= 0.6 is 0 Å². The maximum Gasteiger partial charge on any atom is 0.122 e. The second-order valence-corrected chi connectivity index (χ2v) is 5.72. The lowest BCUT2D eigenvalue weighted by molar-refractivity contribution is 0.395. The summed E-state index contributed by atoms with van der Waals surface area (Å²) in [6.07, 6.45) is 2.67. The Morgan fingerprint density at radius 3 is 2.44 bits per heavy atom. The fourth-order valence-corrected chi connectivity index (χ4v) is 2.71. The number of nitrogens with one attached hydrogen (secondary N) is 1. The number of aryl methyl sites for hydroxylation is 2. The van der Waals surface area contributed by atoms with Crippen LogP contribution in [0.5, 0.6) is 5.75 Å². The van der Waals surface area contributed by atoms with Gasteiger partial charge in [0, 0.05) is 23.6 Å². The Labute approximate surface area is 111 Å². The van der Waals surface area contributed by atoms with Crippen LogP contribution in [0.4, 0.5) is 0 Å². The van der Waals surface area contributed by atoms with Crippen LogP contribution < -0.4 is 10.1 Å². The van der Waals surface area contributed by atoms with Crippen molar-refractivity contribution in [2.24, 2.45) is 0 Å². The second-order valence-electron chi connectivity index (χ2n) is 5.72. The molecule has 1 aliphatic rings. The largest absolute Gasteiger partial charge is 0.496 e. The van der Waals surface area contributed by atoms with Crippen molar-refractivity contribution in [3.05, 3.63) is 28.8 Å². The lowest BCUT2D eigenvalue weighted by atomic mass is 9.89. The van der Waals surface area contributed by atoms with E-state index in [2.05, 4.69) is 45.1 Å². The Bertz CT molecular complexity index is 423. The van der Waals surface area contributed by atoms with Gasteiger partial charge in [-0.15, -0.1) is 0 Å². The van der Waals surface area contributed by atoms with Crippen LogP contribution in [-0.2, 0) is 0 Å². The number of methoxy groups -OCH3 is 1. The van der Waals surface area contributed by atoms with Gasteiger partial charge in [-0.1, -0.05) is 13.0 Å². The normalized spacial score (nSPS) is 18.5. The Morgan fingerprint density at radius 2 is 1.89 bits per heavy atom. The summed E-state index contributed by atoms with van der Waals surface area (Å²) in [5.41, 5.74) is 3.95. The fraction of sp³-hybridized carbons (Fsp3) is 0.625. The first-order chi connectivity index (χ1) is 8.52. The Kier molecular flexibility index (Phi) is 3.96. The van der Waals surface area contributed by atoms with E-state index in [1.807, 2.05) is 0 Å². The highest BCUT2D eigenvalue weighted by molar-refractivity contribution is 5.45. The van der Waals surface area contributed by atoms with E-state index >= 15 is 0 Å². The molecule has 0 radical (unpaired) electrons. The molecule has 2 rings (SSSR count). The van der Waals surface area contributed by atoms with Gasteiger partial charge in [0.15, 0.2) is 0 Å². The molecule has 1 aromatic carbocycles. The van der Waals surface area contributed by atoms with Crippen LogP contribution in [0.3, 0.4) is 0 Å². The van der Waals surface area contributed by atoms with Crippen LogP contribution in [0.15, 0.2) is 12.1 Å². The van der Waals surface area contributed by atoms with E-state index in [-0.39, 0.29) is 0 Å². The van der Waals surface area contributed by atoms with Crippen LogP contribution in [0, 0.1) is 13.8 Å². The number of hydrogen-bond acceptors (Lipinski definition) is 2. The molecule has 1 aliphatic carbocycles. The summed E-state index contributed by atoms with van der Waals surface area (Å²) in [6.45, 7) is 8.88. The van der Waals surface area contributed by atoms with Crippen molar-refractivity contribution >= 4 is 0 Å². The van der Waals surface area contributed by atoms with Gasteiger partial charge in [-0.05, 0) is 50.8 Å². The molecule has 0 amide bonds. The minimum atomic E-state index is 0.473. The van der Waals surface area contributed by atoms with Gasteiger partial charge < -0.3 is 10.1 Å². The van der Waals surface area contributed by atoms with E-state index in [0.29, 0.717) is 12.0 Å². The molecule has 0 spiro atoms. The zero-order valence-corrected chi connectivity index (χ0v) is 12.2. The number of rotatable bonds is 5. The van der Waals surface area contributed by atoms with Gasteiger partial charge in [-0.3, -0.25) is 0 Å². The van der Waals surface area contributed by atoms with Crippen LogP contribution in [-0.4, -0.2) is 19.2 Å². The monoisotopic (exact) mass is 247 g/mol. The molecule has 1 N–H and O–H groups in total. The Balaban J connectivity index is 2.24. The summed E-state index contributed by atoms with van der Waals surface area (Å²) >= 11 is 0. The first-order valence-corrected chi connectivity index (χ1v) is 6.94. The SMILES string of the molecule is COc1cc(C)cc(C)c1C(C)C(C)NC1CC1. The van der Waals surface area contributed by atoms with Crippen molar-refractivity contribution in [2.45, 2.75) is 58.5 Å². The summed E-state index contributed by atoms with van der Waals surface area (Å²) in [5.74, 6) is 1.51. The molecule has 2 nitrogen and oxygen atoms in total. The van der Waals surface area contributed by atoms with Gasteiger partial charge in [0.25, 0.3) is 0 Å². The van der Waals surface area contributed by atoms with Gasteiger partial charge >= 0.3 is 0 Å². The van der Waals surface area contributed by atoms with Crippen molar-refractivity contribution in [3.63, 3.8) is 0 Å². The zero-order valence-electron chi connectivity index (χ0n) is 12.2. The lowest BCUT2D eigenvalue weighted by Gasteiger charge is -2.25. The van der Waals surface area contributed by atoms with Gasteiger partial charge in [-0.2, -0.15) is 0 Å². The number of hydrogen-bond donors (Lipinski definition) is 1. The first kappa shape index (κ1) is 13.4. The van der Waals surface area contributed by atoms with Crippen molar-refractivity contribution in [1.29, 1.82) is 0 Å². The molecule has 2 unspecified atom stereocenters. The van der Waals surface area contributed by atoms with Crippen LogP contribution in [0.25, 0.3) is 0 Å². The number of ether oxygens (including phenoxy) is 1. The third-order valence-electron chi connectivity index (χ3n) is 3.99. The molecule has 100 valence electrons. The summed E-state index contributed by atoms with van der Waals surface area (Å²) in [7, 11) is 1.77. The van der Waals surface area contributed by atoms with E-state index in [1.54, 1.807) is 7.11 Å². The minimum absolute atomic E-state index is 0.473. The Morgan fingerprint density at radius 1 is 1.22 bits per heavy atom. The highest BCUT2D eigenvalue weighted by Gasteiger charge is 2.27. The quantitative estimate of drug-likeness (QED) is 0.859. The van der Waals surface area contributed by atoms with Crippen molar-refractivity contribution in [3.8, 4) is 5.75 Å². The molecular weight excluding hydrogens is 222 g/mol. The van der Waals surface area contributed by atoms with Gasteiger partial charge in [0.2, 0.25) is 0 Å². The van der Waals surface area contributed by atoms with Crippen LogP contribution in [0.1, 0.15) is 49.3 Å². The third kappa shape index (κ3) is 2.86. The highest BCUT2D eigenvalue weighted by atomic mass is 16.5. The van der Waals surface area contributed by atoms with Crippen LogP contribution in [0.2, 0.25) is 0 Å². The highest BCUT2D eigenvalue weighted by Crippen LogP contribution is 2.34. The molecule has 2 atom stereocenters. The lowest BCUT2D eigenvalue weighted by Crippen LogP contribution is -2.33. The molecule has 18 heavy (non-hydrogen) atoms. The van der Waals surface area contributed by atoms with E-state index < -0.39 is 0 Å². The smallest absolute Gasteiger partial charge is 0.122 e. The third-order valence-corrected chi connectivity index (χ3v) is 3.99. The number of benzene rings is 1. The topological polar surface area (TPSA) is 21.3 Å². The zero-order chi connectivity index (χ0) is 13.3.